The zero-order valence-electron chi connectivity index (χ0n) is 60.0. The molecule has 0 radical (unpaired) electrons. The van der Waals surface area contributed by atoms with E-state index in [4.69, 9.17) is 19.2 Å². The topological polar surface area (TPSA) is 307 Å². The van der Waals surface area contributed by atoms with E-state index in [1.54, 1.807) is 39.2 Å². The molecule has 0 aliphatic carbocycles. The molecule has 2 fully saturated rings. The van der Waals surface area contributed by atoms with Gasteiger partial charge in [-0.1, -0.05) is 221 Å². The monoisotopic (exact) mass is 1390 g/mol. The molecule has 2 saturated heterocycles. The molecule has 2 rings (SSSR count). The molecule has 544 valence electrons. The van der Waals surface area contributed by atoms with Gasteiger partial charge in [-0.25, -0.2) is 0 Å². The van der Waals surface area contributed by atoms with Crippen LogP contribution >= 0.6 is 0 Å². The normalized spacial score (nSPS) is 15.5. The van der Waals surface area contributed by atoms with Gasteiger partial charge < -0.3 is 88.8 Å². The second-order valence-electron chi connectivity index (χ2n) is 24.4. The van der Waals surface area contributed by atoms with Crippen LogP contribution in [0.3, 0.4) is 0 Å². The number of carboxylic acids is 2. The van der Waals surface area contributed by atoms with Crippen molar-refractivity contribution >= 4 is 126 Å². The van der Waals surface area contributed by atoms with Crippen molar-refractivity contribution in [2.45, 2.75) is 206 Å². The van der Waals surface area contributed by atoms with Crippen LogP contribution in [-0.4, -0.2) is 360 Å². The van der Waals surface area contributed by atoms with Crippen molar-refractivity contribution in [2.24, 2.45) is 0 Å². The minimum Gasteiger partial charge on any atom is -0.843 e. The van der Waals surface area contributed by atoms with Gasteiger partial charge in [-0.2, -0.15) is 0 Å². The maximum Gasteiger partial charge on any atom is 2.00 e. The van der Waals surface area contributed by atoms with Crippen molar-refractivity contribution in [3.63, 3.8) is 0 Å². The summed E-state index contributed by atoms with van der Waals surface area (Å²) in [6.07, 6.45) is 39.4. The molecule has 2 heterocycles. The molecule has 0 spiro atoms. The summed E-state index contributed by atoms with van der Waals surface area (Å²) in [5.41, 5.74) is 0. The number of carbonyl (C=O) groups excluding carboxylic acids is 8. The average molecular weight is 1390 g/mol. The van der Waals surface area contributed by atoms with Crippen LogP contribution < -0.4 is 30.6 Å². The number of hydrogen-bond acceptors (Lipinski definition) is 22. The quantitative estimate of drug-likeness (QED) is 0.0587. The Morgan fingerprint density at radius 1 is 0.277 bits per heavy atom. The number of nitrogens with zero attached hydrogens (tertiary/aromatic N) is 10. The molecule has 24 nitrogen and oxygen atoms in total. The Bertz CT molecular complexity index is 1650. The van der Waals surface area contributed by atoms with E-state index < -0.39 is 25.4 Å². The largest absolute Gasteiger partial charge is 2.00 e. The minimum atomic E-state index is -1.15. The van der Waals surface area contributed by atoms with E-state index in [-0.39, 0.29) is 127 Å². The predicted octanol–water partition coefficient (Wildman–Crippen LogP) is 0.345. The van der Waals surface area contributed by atoms with E-state index in [1.165, 1.54) is 167 Å². The maximum atomic E-state index is 13.0. The van der Waals surface area contributed by atoms with Gasteiger partial charge in [0, 0.05) is 145 Å². The molecule has 0 aromatic heterocycles. The summed E-state index contributed by atoms with van der Waals surface area (Å²) in [4.78, 5) is 98.6. The van der Waals surface area contributed by atoms with Gasteiger partial charge in [0.1, 0.15) is 27.2 Å². The van der Waals surface area contributed by atoms with Gasteiger partial charge in [0.2, 0.25) is 11.8 Å². The van der Waals surface area contributed by atoms with Crippen LogP contribution in [0.25, 0.3) is 0 Å². The van der Waals surface area contributed by atoms with Crippen LogP contribution in [0, 0.1) is 0 Å². The molecule has 0 aromatic rings. The van der Waals surface area contributed by atoms with Crippen LogP contribution in [0.5, 0.6) is 0 Å². The van der Waals surface area contributed by atoms with E-state index >= 15 is 0 Å². The van der Waals surface area contributed by atoms with Crippen molar-refractivity contribution in [3.05, 3.63) is 0 Å². The molecule has 0 N–H and O–H groups in total. The van der Waals surface area contributed by atoms with Gasteiger partial charge in [0.05, 0.1) is 25.0 Å². The second-order valence-corrected chi connectivity index (χ2v) is 24.4. The van der Waals surface area contributed by atoms with Gasteiger partial charge >= 0.3 is 75.5 Å². The fraction of sp³-hybridized carbons (Fsp3) is 0.882. The van der Waals surface area contributed by atoms with Crippen LogP contribution in [0.2, 0.25) is 0 Å². The molecular weight excluding hydrogens is 1260 g/mol. The summed E-state index contributed by atoms with van der Waals surface area (Å²) in [5.74, 6) is -2.21. The molecule has 0 aromatic carbocycles. The van der Waals surface area contributed by atoms with Crippen LogP contribution in [0.15, 0.2) is 0 Å². The molecule has 0 saturated carbocycles. The molecule has 0 atom stereocenters. The average Bonchev–Trinajstić information content (AvgIpc) is 1.37. The van der Waals surface area contributed by atoms with Crippen LogP contribution in [0.4, 0.5) is 0 Å². The fourth-order valence-corrected chi connectivity index (χ4v) is 11.0. The molecule has 0 unspecified atom stereocenters. The molecule has 2 aliphatic rings. The standard InChI is InChI=1S/C33H65N5O5.C31H61N5O5.4CH2O.2Ca/c1-3-4-5-6-7-8-9-10-11-12-13-14-15-16-17-18-19-34(2)32(41)28-35-20-21-36(29-33(42)43)23-25-38(31-40)27-26-37(30-39)24-22-35;1-3-4-5-6-7-8-9-10-11-12-13-14-15-16-17-32(2)30(39)26-33-18-19-34(27-31(40)41)21-23-36(29-38)25-24-35(28-37)22-20-33;4*1-2;;/h3-31H2,1-2H3,(H,42,43);3-29H2,1-2H3,(H,40,41);4*1H2;;/q2*-2;;;;;2*+2/p-2. The Balaban J connectivity index is -0.000000365. The molecule has 2 amide bonds. The summed E-state index contributed by atoms with van der Waals surface area (Å²) in [7, 11) is 3.71. The number of amides is 2. The third-order valence-corrected chi connectivity index (χ3v) is 17.1. The van der Waals surface area contributed by atoms with Crippen LogP contribution in [-0.2, 0) is 38.4 Å². The SMILES string of the molecule is C=O.C=O.C=O.C=O.CCCCCCCCCCCCCCCCCCN(C)C(=O)CN1CCN(C[O-])CCN(C[O-])CCN(CC(=O)[O-])CC1.CCCCCCCCCCCCCCCCN(C)C(=O)CN1CCN(C[O-])CCN(C[O-])CCN(CC(=O)[O-])CC1.[Ca+2].[Ca+2]. The van der Waals surface area contributed by atoms with E-state index in [0.717, 1.165) is 38.8 Å². The Labute approximate surface area is 630 Å². The second kappa shape index (κ2) is 80.6. The summed E-state index contributed by atoms with van der Waals surface area (Å²) < 4.78 is 0. The predicted molar refractivity (Wildman–Crippen MR) is 367 cm³/mol. The number of likely N-dealkylation sites (N-methyl/N-ethyl adjacent to an activating group) is 2. The molecular formula is C68H132Ca2N10O14-2. The minimum absolute atomic E-state index is 0. The fourth-order valence-electron chi connectivity index (χ4n) is 11.0. The van der Waals surface area contributed by atoms with Crippen molar-refractivity contribution in [1.29, 1.82) is 0 Å². The molecule has 94 heavy (non-hydrogen) atoms. The maximum absolute atomic E-state index is 13.0. The number of unbranched alkanes of at least 4 members (excludes halogenated alkanes) is 28. The van der Waals surface area contributed by atoms with Crippen molar-refractivity contribution < 1.29 is 69.0 Å². The number of aliphatic carboxylic acids is 2. The number of rotatable bonds is 44. The van der Waals surface area contributed by atoms with Gasteiger partial charge in [-0.05, 0) is 12.8 Å². The van der Waals surface area contributed by atoms with Crippen LogP contribution in [0.1, 0.15) is 206 Å². The number of carbonyl (C=O) groups is 8. The molecule has 2 aliphatic heterocycles. The zero-order valence-corrected chi connectivity index (χ0v) is 64.4. The van der Waals surface area contributed by atoms with Gasteiger partial charge in [0.15, 0.2) is 0 Å². The summed E-state index contributed by atoms with van der Waals surface area (Å²) >= 11 is 0. The third-order valence-electron chi connectivity index (χ3n) is 17.1. The van der Waals surface area contributed by atoms with E-state index in [1.807, 2.05) is 51.1 Å². The Morgan fingerprint density at radius 3 is 0.585 bits per heavy atom. The van der Waals surface area contributed by atoms with Crippen molar-refractivity contribution in [3.8, 4) is 0 Å². The first-order valence-corrected chi connectivity index (χ1v) is 34.9. The Morgan fingerprint density at radius 2 is 0.426 bits per heavy atom. The summed E-state index contributed by atoms with van der Waals surface area (Å²) in [6, 6.07) is 0. The summed E-state index contributed by atoms with van der Waals surface area (Å²) in [6.45, 7) is 20.2. The van der Waals surface area contributed by atoms with Gasteiger partial charge in [-0.15, -0.1) is 0 Å². The van der Waals surface area contributed by atoms with E-state index in [2.05, 4.69) is 13.8 Å². The molecule has 0 bridgehead atoms. The first-order chi connectivity index (χ1) is 44.8. The number of carboxylic acid groups (broad SMARTS) is 2. The number of hydrogen-bond donors (Lipinski definition) is 0. The smallest absolute Gasteiger partial charge is 0.843 e. The molecule has 26 heteroatoms. The zero-order chi connectivity index (χ0) is 69.7. The van der Waals surface area contributed by atoms with E-state index in [0.29, 0.717) is 105 Å². The van der Waals surface area contributed by atoms with Crippen molar-refractivity contribution in [2.75, 3.05) is 185 Å². The van der Waals surface area contributed by atoms with Crippen molar-refractivity contribution in [1.82, 2.24) is 49.0 Å². The Kier molecular flexibility index (Phi) is 88.8. The third kappa shape index (κ3) is 66.5. The summed E-state index contributed by atoms with van der Waals surface area (Å²) in [5, 5.41) is 68.9. The van der Waals surface area contributed by atoms with Gasteiger partial charge in [-0.3, -0.25) is 29.2 Å². The first-order valence-electron chi connectivity index (χ1n) is 34.9. The Hall–Kier alpha value is -1.40. The van der Waals surface area contributed by atoms with E-state index in [9.17, 15) is 49.8 Å². The first kappa shape index (κ1) is 104. The van der Waals surface area contributed by atoms with Gasteiger partial charge in [0.25, 0.3) is 0 Å².